The van der Waals surface area contributed by atoms with Crippen molar-refractivity contribution in [3.05, 3.63) is 33.5 Å². The average molecular weight is 257 g/mol. The van der Waals surface area contributed by atoms with Crippen LogP contribution in [0.1, 0.15) is 16.7 Å². The monoisotopic (exact) mass is 256 g/mol. The fraction of sp³-hybridized carbons (Fsp3) is 0.400. The van der Waals surface area contributed by atoms with Crippen LogP contribution in [0.5, 0.6) is 0 Å². The normalized spacial score (nSPS) is 12.9. The number of halogens is 1. The molecule has 0 amide bonds. The molecule has 2 rings (SSSR count). The summed E-state index contributed by atoms with van der Waals surface area (Å²) < 4.78 is 2.60. The molecule has 1 atom stereocenters. The molecule has 6 heteroatoms. The molecule has 2 aromatic heterocycles. The molecule has 0 bridgehead atoms. The minimum atomic E-state index is 0.236. The van der Waals surface area contributed by atoms with Crippen LogP contribution in [0.3, 0.4) is 0 Å². The summed E-state index contributed by atoms with van der Waals surface area (Å²) in [6.45, 7) is 0. The van der Waals surface area contributed by atoms with Crippen molar-refractivity contribution in [2.24, 2.45) is 7.05 Å². The highest BCUT2D eigenvalue weighted by molar-refractivity contribution is 7.16. The van der Waals surface area contributed by atoms with Gasteiger partial charge in [0.1, 0.15) is 12.2 Å². The Morgan fingerprint density at radius 2 is 2.38 bits per heavy atom. The summed E-state index contributed by atoms with van der Waals surface area (Å²) in [5, 5.41) is 7.33. The Morgan fingerprint density at radius 1 is 1.56 bits per heavy atom. The summed E-state index contributed by atoms with van der Waals surface area (Å²) in [6, 6.07) is 4.20. The second-order valence-corrected chi connectivity index (χ2v) is 5.23. The second-order valence-electron chi connectivity index (χ2n) is 3.49. The maximum Gasteiger partial charge on any atom is 0.138 e. The van der Waals surface area contributed by atoms with Gasteiger partial charge in [0.05, 0.1) is 4.34 Å². The Morgan fingerprint density at radius 3 is 2.88 bits per heavy atom. The number of rotatable bonds is 4. The molecule has 0 saturated carbocycles. The Labute approximate surface area is 103 Å². The highest BCUT2D eigenvalue weighted by Gasteiger charge is 2.14. The molecule has 86 valence electrons. The van der Waals surface area contributed by atoms with E-state index in [4.69, 9.17) is 11.6 Å². The molecule has 1 N–H and O–H groups in total. The molecule has 16 heavy (non-hydrogen) atoms. The topological polar surface area (TPSA) is 42.7 Å². The van der Waals surface area contributed by atoms with E-state index in [0.717, 1.165) is 16.6 Å². The summed E-state index contributed by atoms with van der Waals surface area (Å²) in [6.07, 6.45) is 2.38. The third-order valence-corrected chi connectivity index (χ3v) is 3.82. The van der Waals surface area contributed by atoms with E-state index in [0.29, 0.717) is 0 Å². The zero-order chi connectivity index (χ0) is 11.5. The number of thiophene rings is 1. The fourth-order valence-corrected chi connectivity index (χ4v) is 2.72. The Balaban J connectivity index is 2.15. The van der Waals surface area contributed by atoms with Crippen LogP contribution >= 0.6 is 22.9 Å². The minimum Gasteiger partial charge on any atom is -0.312 e. The first-order chi connectivity index (χ1) is 7.70. The van der Waals surface area contributed by atoms with Gasteiger partial charge >= 0.3 is 0 Å². The van der Waals surface area contributed by atoms with Crippen molar-refractivity contribution in [3.8, 4) is 0 Å². The van der Waals surface area contributed by atoms with E-state index in [2.05, 4.69) is 15.4 Å². The van der Waals surface area contributed by atoms with Gasteiger partial charge in [-0.3, -0.25) is 4.68 Å². The zero-order valence-electron chi connectivity index (χ0n) is 9.14. The highest BCUT2D eigenvalue weighted by atomic mass is 35.5. The van der Waals surface area contributed by atoms with Gasteiger partial charge in [-0.2, -0.15) is 5.10 Å². The van der Waals surface area contributed by atoms with Crippen molar-refractivity contribution in [2.75, 3.05) is 7.05 Å². The van der Waals surface area contributed by atoms with Crippen molar-refractivity contribution >= 4 is 22.9 Å². The molecule has 4 nitrogen and oxygen atoms in total. The van der Waals surface area contributed by atoms with Gasteiger partial charge in [0.2, 0.25) is 0 Å². The number of nitrogens with zero attached hydrogens (tertiary/aromatic N) is 3. The molecule has 0 saturated heterocycles. The smallest absolute Gasteiger partial charge is 0.138 e. The Bertz CT molecular complexity index is 465. The van der Waals surface area contributed by atoms with E-state index in [-0.39, 0.29) is 6.04 Å². The molecule has 0 radical (unpaired) electrons. The lowest BCUT2D eigenvalue weighted by molar-refractivity contribution is 0.561. The summed E-state index contributed by atoms with van der Waals surface area (Å²) in [4.78, 5) is 5.44. The lowest BCUT2D eigenvalue weighted by Crippen LogP contribution is -2.19. The molecule has 0 aromatic carbocycles. The first kappa shape index (κ1) is 11.6. The molecular formula is C10H13ClN4S. The van der Waals surface area contributed by atoms with Crippen LogP contribution in [-0.2, 0) is 13.5 Å². The van der Waals surface area contributed by atoms with E-state index in [1.165, 1.54) is 4.88 Å². The molecule has 2 heterocycles. The predicted octanol–water partition coefficient (Wildman–Crippen LogP) is 2.03. The summed E-state index contributed by atoms with van der Waals surface area (Å²) in [5.74, 6) is 0.962. The van der Waals surface area contributed by atoms with E-state index in [9.17, 15) is 0 Å². The number of hydrogen-bond acceptors (Lipinski definition) is 4. The Kier molecular flexibility index (Phi) is 3.58. The number of nitrogens with one attached hydrogen (secondary N) is 1. The van der Waals surface area contributed by atoms with Gasteiger partial charge in [0.25, 0.3) is 0 Å². The number of likely N-dealkylation sites (N-methyl/N-ethyl adjacent to an activating group) is 1. The maximum atomic E-state index is 5.93. The molecule has 2 aromatic rings. The van der Waals surface area contributed by atoms with Crippen molar-refractivity contribution in [2.45, 2.75) is 12.5 Å². The van der Waals surface area contributed by atoms with Crippen LogP contribution in [-0.4, -0.2) is 21.8 Å². The van der Waals surface area contributed by atoms with Gasteiger partial charge < -0.3 is 5.32 Å². The molecule has 0 aliphatic heterocycles. The van der Waals surface area contributed by atoms with Crippen LogP contribution in [0.4, 0.5) is 0 Å². The van der Waals surface area contributed by atoms with Crippen LogP contribution in [0, 0.1) is 0 Å². The largest absolute Gasteiger partial charge is 0.312 e. The van der Waals surface area contributed by atoms with E-state index in [1.807, 2.05) is 26.2 Å². The quantitative estimate of drug-likeness (QED) is 0.910. The minimum absolute atomic E-state index is 0.236. The number of hydrogen-bond donors (Lipinski definition) is 1. The van der Waals surface area contributed by atoms with Gasteiger partial charge in [-0.05, 0) is 19.2 Å². The van der Waals surface area contributed by atoms with Gasteiger partial charge in [0, 0.05) is 24.4 Å². The van der Waals surface area contributed by atoms with Gasteiger partial charge in [0.15, 0.2) is 0 Å². The first-order valence-electron chi connectivity index (χ1n) is 4.96. The van der Waals surface area contributed by atoms with E-state index in [1.54, 1.807) is 22.3 Å². The second kappa shape index (κ2) is 4.95. The number of aryl methyl sites for hydroxylation is 1. The molecule has 0 fully saturated rings. The SMILES string of the molecule is CNC(Cc1ncnn1C)c1ccc(Cl)s1. The summed E-state index contributed by atoms with van der Waals surface area (Å²) >= 11 is 7.53. The van der Waals surface area contributed by atoms with Gasteiger partial charge in [-0.1, -0.05) is 11.6 Å². The van der Waals surface area contributed by atoms with E-state index < -0.39 is 0 Å². The summed E-state index contributed by atoms with van der Waals surface area (Å²) in [5.41, 5.74) is 0. The predicted molar refractivity (Wildman–Crippen MR) is 65.8 cm³/mol. The standard InChI is InChI=1S/C10H13ClN4S/c1-12-7(8-3-4-9(11)16-8)5-10-13-6-14-15(10)2/h3-4,6-7,12H,5H2,1-2H3. The lowest BCUT2D eigenvalue weighted by atomic mass is 10.1. The van der Waals surface area contributed by atoms with Crippen molar-refractivity contribution < 1.29 is 0 Å². The van der Waals surface area contributed by atoms with Gasteiger partial charge in [-0.15, -0.1) is 11.3 Å². The third kappa shape index (κ3) is 2.42. The highest BCUT2D eigenvalue weighted by Crippen LogP contribution is 2.28. The molecular weight excluding hydrogens is 244 g/mol. The molecule has 0 spiro atoms. The van der Waals surface area contributed by atoms with E-state index >= 15 is 0 Å². The average Bonchev–Trinajstić information content (AvgIpc) is 2.85. The first-order valence-corrected chi connectivity index (χ1v) is 6.15. The molecule has 1 unspecified atom stereocenters. The van der Waals surface area contributed by atoms with Gasteiger partial charge in [-0.25, -0.2) is 4.98 Å². The zero-order valence-corrected chi connectivity index (χ0v) is 10.7. The van der Waals surface area contributed by atoms with Crippen LogP contribution in [0.25, 0.3) is 0 Å². The fourth-order valence-electron chi connectivity index (χ4n) is 1.55. The van der Waals surface area contributed by atoms with Crippen molar-refractivity contribution in [3.63, 3.8) is 0 Å². The van der Waals surface area contributed by atoms with Crippen molar-refractivity contribution in [1.29, 1.82) is 0 Å². The lowest BCUT2D eigenvalue weighted by Gasteiger charge is -2.13. The molecule has 0 aliphatic rings. The van der Waals surface area contributed by atoms with Crippen LogP contribution < -0.4 is 5.32 Å². The molecule has 0 aliphatic carbocycles. The van der Waals surface area contributed by atoms with Crippen LogP contribution in [0.2, 0.25) is 4.34 Å². The third-order valence-electron chi connectivity index (χ3n) is 2.48. The Hall–Kier alpha value is -0.910. The maximum absolute atomic E-state index is 5.93. The van der Waals surface area contributed by atoms with Crippen LogP contribution in [0.15, 0.2) is 18.5 Å². The van der Waals surface area contributed by atoms with Crippen molar-refractivity contribution in [1.82, 2.24) is 20.1 Å². The summed E-state index contributed by atoms with van der Waals surface area (Å²) in [7, 11) is 3.84. The number of aromatic nitrogens is 3.